The minimum absolute atomic E-state index is 0.0462. The van der Waals surface area contributed by atoms with Crippen LogP contribution in [0.5, 0.6) is 0 Å². The molecule has 3 aliphatic rings. The maximum absolute atomic E-state index is 11.4. The number of carbonyl (C=O) groups is 1. The van der Waals surface area contributed by atoms with Crippen molar-refractivity contribution in [1.29, 1.82) is 0 Å². The van der Waals surface area contributed by atoms with Crippen LogP contribution in [-0.4, -0.2) is 42.2 Å². The highest BCUT2D eigenvalue weighted by Crippen LogP contribution is 2.55. The number of pyridine rings is 1. The molecule has 1 N–H and O–H groups in total. The summed E-state index contributed by atoms with van der Waals surface area (Å²) in [7, 11) is 0. The molecule has 0 radical (unpaired) electrons. The van der Waals surface area contributed by atoms with Gasteiger partial charge in [0.25, 0.3) is 0 Å². The van der Waals surface area contributed by atoms with Gasteiger partial charge in [0.05, 0.1) is 17.2 Å². The average molecular weight is 380 g/mol. The molecule has 1 aromatic heterocycles. The van der Waals surface area contributed by atoms with E-state index in [1.807, 2.05) is 0 Å². The number of ether oxygens (including phenoxy) is 1. The maximum Gasteiger partial charge on any atom is 0.216 e. The Kier molecular flexibility index (Phi) is 4.13. The van der Waals surface area contributed by atoms with Crippen LogP contribution in [0.2, 0.25) is 0 Å². The van der Waals surface area contributed by atoms with Crippen molar-refractivity contribution in [2.45, 2.75) is 51.7 Å². The van der Waals surface area contributed by atoms with Gasteiger partial charge in [-0.15, -0.1) is 0 Å². The third-order valence-electron chi connectivity index (χ3n) is 7.17. The SMILES string of the molecule is CCc1ccc2nc(N3C[C@@H]4[C@H](CNC(C)=O)[C@H]5CC[C@]4(C3)O5)cc(C)c2c1. The van der Waals surface area contributed by atoms with Crippen molar-refractivity contribution in [1.82, 2.24) is 10.3 Å². The number of rotatable bonds is 4. The van der Waals surface area contributed by atoms with Gasteiger partial charge in [-0.05, 0) is 55.5 Å². The third kappa shape index (κ3) is 2.71. The molecule has 3 fully saturated rings. The van der Waals surface area contributed by atoms with Gasteiger partial charge >= 0.3 is 0 Å². The lowest BCUT2D eigenvalue weighted by atomic mass is 9.73. The van der Waals surface area contributed by atoms with E-state index in [0.717, 1.165) is 50.2 Å². The highest BCUT2D eigenvalue weighted by atomic mass is 16.5. The van der Waals surface area contributed by atoms with Crippen LogP contribution in [0.3, 0.4) is 0 Å². The molecule has 0 unspecified atom stereocenters. The van der Waals surface area contributed by atoms with Gasteiger partial charge in [0.2, 0.25) is 5.91 Å². The van der Waals surface area contributed by atoms with Gasteiger partial charge in [0.1, 0.15) is 5.82 Å². The number of nitrogens with one attached hydrogen (secondary N) is 1. The number of hydrogen-bond donors (Lipinski definition) is 1. The summed E-state index contributed by atoms with van der Waals surface area (Å²) < 4.78 is 6.51. The first kappa shape index (κ1) is 17.9. The van der Waals surface area contributed by atoms with Crippen LogP contribution >= 0.6 is 0 Å². The fourth-order valence-corrected chi connectivity index (χ4v) is 5.71. The monoisotopic (exact) mass is 379 g/mol. The quantitative estimate of drug-likeness (QED) is 0.886. The Hall–Kier alpha value is -2.14. The van der Waals surface area contributed by atoms with Gasteiger partial charge in [-0.1, -0.05) is 13.0 Å². The maximum atomic E-state index is 11.4. The second kappa shape index (κ2) is 6.45. The minimum Gasteiger partial charge on any atom is -0.369 e. The molecule has 3 aliphatic heterocycles. The summed E-state index contributed by atoms with van der Waals surface area (Å²) in [6.45, 7) is 8.57. The summed E-state index contributed by atoms with van der Waals surface area (Å²) >= 11 is 0. The molecule has 0 aliphatic carbocycles. The third-order valence-corrected chi connectivity index (χ3v) is 7.17. The first-order valence-electron chi connectivity index (χ1n) is 10.6. The first-order valence-corrected chi connectivity index (χ1v) is 10.6. The molecule has 1 spiro atoms. The van der Waals surface area contributed by atoms with Crippen LogP contribution in [0.4, 0.5) is 5.82 Å². The minimum atomic E-state index is -0.0512. The van der Waals surface area contributed by atoms with Crippen molar-refractivity contribution in [2.24, 2.45) is 11.8 Å². The predicted octanol–water partition coefficient (Wildman–Crippen LogP) is 3.23. The summed E-state index contributed by atoms with van der Waals surface area (Å²) in [4.78, 5) is 18.8. The second-order valence-corrected chi connectivity index (χ2v) is 8.85. The van der Waals surface area contributed by atoms with Crippen molar-refractivity contribution >= 4 is 22.6 Å². The molecule has 4 atom stereocenters. The van der Waals surface area contributed by atoms with E-state index in [2.05, 4.69) is 48.3 Å². The van der Waals surface area contributed by atoms with E-state index in [9.17, 15) is 4.79 Å². The number of fused-ring (bicyclic) bond motifs is 2. The lowest BCUT2D eigenvalue weighted by molar-refractivity contribution is -0.119. The van der Waals surface area contributed by atoms with Crippen molar-refractivity contribution < 1.29 is 9.53 Å². The van der Waals surface area contributed by atoms with Crippen molar-refractivity contribution in [3.05, 3.63) is 35.4 Å². The Morgan fingerprint density at radius 2 is 2.25 bits per heavy atom. The molecule has 4 heterocycles. The zero-order valence-corrected chi connectivity index (χ0v) is 17.0. The number of hydrogen-bond acceptors (Lipinski definition) is 4. The summed E-state index contributed by atoms with van der Waals surface area (Å²) in [6, 6.07) is 8.84. The molecule has 1 amide bonds. The fourth-order valence-electron chi connectivity index (χ4n) is 5.71. The Balaban J connectivity index is 1.43. The zero-order chi connectivity index (χ0) is 19.5. The zero-order valence-electron chi connectivity index (χ0n) is 17.0. The molecule has 5 nitrogen and oxygen atoms in total. The summed E-state index contributed by atoms with van der Waals surface area (Å²) in [6.07, 6.45) is 3.58. The number of benzene rings is 1. The van der Waals surface area contributed by atoms with Crippen LogP contribution in [0.15, 0.2) is 24.3 Å². The standard InChI is InChI=1S/C23H29N3O2/c1-4-16-5-6-20-17(10-16)14(2)9-22(25-20)26-12-19-18(11-24-15(3)27)21-7-8-23(19,13-26)28-21/h5-6,9-10,18-19,21H,4,7-8,11-13H2,1-3H3,(H,24,27)/t18-,19+,21+,23+/m0/s1. The van der Waals surface area contributed by atoms with Crippen molar-refractivity contribution in [2.75, 3.05) is 24.5 Å². The molecule has 148 valence electrons. The Morgan fingerprint density at radius 1 is 1.39 bits per heavy atom. The molecule has 0 saturated carbocycles. The normalized spacial score (nSPS) is 30.8. The van der Waals surface area contributed by atoms with E-state index in [4.69, 9.17) is 9.72 Å². The van der Waals surface area contributed by atoms with Crippen LogP contribution in [0, 0.1) is 18.8 Å². The summed E-state index contributed by atoms with van der Waals surface area (Å²) in [5, 5.41) is 4.28. The Morgan fingerprint density at radius 3 is 3.04 bits per heavy atom. The average Bonchev–Trinajstić information content (AvgIpc) is 3.34. The summed E-state index contributed by atoms with van der Waals surface area (Å²) in [5.74, 6) is 1.99. The molecular weight excluding hydrogens is 350 g/mol. The molecule has 5 rings (SSSR count). The molecule has 28 heavy (non-hydrogen) atoms. The molecule has 1 aromatic carbocycles. The molecule has 5 heteroatoms. The number of nitrogens with zero attached hydrogens (tertiary/aromatic N) is 2. The number of aryl methyl sites for hydroxylation is 2. The highest BCUT2D eigenvalue weighted by Gasteiger charge is 2.63. The number of aromatic nitrogens is 1. The van der Waals surface area contributed by atoms with Crippen molar-refractivity contribution in [3.8, 4) is 0 Å². The van der Waals surface area contributed by atoms with E-state index >= 15 is 0 Å². The number of carbonyl (C=O) groups excluding carboxylic acids is 1. The Bertz CT molecular complexity index is 943. The molecule has 3 saturated heterocycles. The summed E-state index contributed by atoms with van der Waals surface area (Å²) in [5.41, 5.74) is 3.65. The number of anilines is 1. The van der Waals surface area contributed by atoms with Gasteiger partial charge in [-0.25, -0.2) is 4.98 Å². The predicted molar refractivity (Wildman–Crippen MR) is 111 cm³/mol. The first-order chi connectivity index (χ1) is 13.5. The molecule has 2 bridgehead atoms. The van der Waals surface area contributed by atoms with Gasteiger partial charge in [-0.3, -0.25) is 4.79 Å². The van der Waals surface area contributed by atoms with Crippen LogP contribution in [-0.2, 0) is 16.0 Å². The van der Waals surface area contributed by atoms with E-state index in [0.29, 0.717) is 17.9 Å². The van der Waals surface area contributed by atoms with E-state index in [1.54, 1.807) is 6.92 Å². The van der Waals surface area contributed by atoms with Gasteiger partial charge < -0.3 is 15.0 Å². The lowest BCUT2D eigenvalue weighted by Gasteiger charge is -2.29. The van der Waals surface area contributed by atoms with E-state index in [-0.39, 0.29) is 11.5 Å². The van der Waals surface area contributed by atoms with E-state index < -0.39 is 0 Å². The largest absolute Gasteiger partial charge is 0.369 e. The second-order valence-electron chi connectivity index (χ2n) is 8.85. The van der Waals surface area contributed by atoms with Crippen molar-refractivity contribution in [3.63, 3.8) is 0 Å². The molecule has 2 aromatic rings. The van der Waals surface area contributed by atoms with E-state index in [1.165, 1.54) is 16.5 Å². The van der Waals surface area contributed by atoms with Gasteiger partial charge in [0.15, 0.2) is 0 Å². The van der Waals surface area contributed by atoms with Crippen LogP contribution < -0.4 is 10.2 Å². The number of amides is 1. The molecular formula is C23H29N3O2. The Labute approximate surface area is 166 Å². The smallest absolute Gasteiger partial charge is 0.216 e. The topological polar surface area (TPSA) is 54.5 Å². The van der Waals surface area contributed by atoms with Crippen LogP contribution in [0.1, 0.15) is 37.8 Å². The highest BCUT2D eigenvalue weighted by molar-refractivity contribution is 5.84. The fraction of sp³-hybridized carbons (Fsp3) is 0.565. The van der Waals surface area contributed by atoms with Gasteiger partial charge in [-0.2, -0.15) is 0 Å². The van der Waals surface area contributed by atoms with Gasteiger partial charge in [0, 0.05) is 43.8 Å². The van der Waals surface area contributed by atoms with Crippen LogP contribution in [0.25, 0.3) is 10.9 Å². The lowest BCUT2D eigenvalue weighted by Crippen LogP contribution is -2.41.